The first-order valence-corrected chi connectivity index (χ1v) is 11.4. The highest BCUT2D eigenvalue weighted by atomic mass is 35.5. The number of halogens is 1. The summed E-state index contributed by atoms with van der Waals surface area (Å²) >= 11 is 7.85. The Balaban J connectivity index is 1.58. The number of fused-ring (bicyclic) bond motifs is 1. The highest BCUT2D eigenvalue weighted by molar-refractivity contribution is 7.09. The molecule has 2 aromatic carbocycles. The van der Waals surface area contributed by atoms with E-state index in [1.807, 2.05) is 61.5 Å². The summed E-state index contributed by atoms with van der Waals surface area (Å²) in [6, 6.07) is 17.2. The van der Waals surface area contributed by atoms with E-state index in [4.69, 9.17) is 16.3 Å². The minimum Gasteiger partial charge on any atom is -0.492 e. The molecule has 0 aliphatic heterocycles. The summed E-state index contributed by atoms with van der Waals surface area (Å²) in [6.45, 7) is 5.32. The van der Waals surface area contributed by atoms with Crippen LogP contribution < -0.4 is 15.6 Å². The number of benzene rings is 2. The molecular formula is C24H24ClN3O2S. The maximum absolute atomic E-state index is 13.3. The predicted molar refractivity (Wildman–Crippen MR) is 127 cm³/mol. The molecule has 0 amide bonds. The van der Waals surface area contributed by atoms with Crippen LogP contribution >= 0.6 is 22.9 Å². The van der Waals surface area contributed by atoms with Gasteiger partial charge < -0.3 is 14.6 Å². The summed E-state index contributed by atoms with van der Waals surface area (Å²) in [5.74, 6) is 0.781. The number of nitrogens with one attached hydrogen (secondary N) is 1. The summed E-state index contributed by atoms with van der Waals surface area (Å²) in [5, 5.41) is 8.08. The number of para-hydroxylation sites is 1. The van der Waals surface area contributed by atoms with Gasteiger partial charge in [0.15, 0.2) is 0 Å². The Labute approximate surface area is 190 Å². The molecule has 4 aromatic rings. The van der Waals surface area contributed by atoms with Gasteiger partial charge in [-0.2, -0.15) is 0 Å². The third kappa shape index (κ3) is 5.15. The zero-order valence-electron chi connectivity index (χ0n) is 17.5. The maximum atomic E-state index is 13.3. The monoisotopic (exact) mass is 453 g/mol. The van der Waals surface area contributed by atoms with Crippen LogP contribution in [0.2, 0.25) is 5.02 Å². The molecule has 0 saturated heterocycles. The number of aromatic nitrogens is 2. The van der Waals surface area contributed by atoms with Gasteiger partial charge in [-0.05, 0) is 49.6 Å². The highest BCUT2D eigenvalue weighted by Gasteiger charge is 2.13. The summed E-state index contributed by atoms with van der Waals surface area (Å²) in [7, 11) is 0. The first kappa shape index (κ1) is 21.6. The van der Waals surface area contributed by atoms with Crippen LogP contribution in [0.1, 0.15) is 29.2 Å². The van der Waals surface area contributed by atoms with Gasteiger partial charge in [-0.25, -0.2) is 4.98 Å². The molecule has 0 fully saturated rings. The van der Waals surface area contributed by atoms with Gasteiger partial charge in [0.05, 0.1) is 22.8 Å². The largest absolute Gasteiger partial charge is 0.492 e. The number of aryl methyl sites for hydroxylation is 1. The molecule has 1 atom stereocenters. The molecule has 0 saturated carbocycles. The van der Waals surface area contributed by atoms with Crippen molar-refractivity contribution in [1.82, 2.24) is 14.9 Å². The maximum Gasteiger partial charge on any atom is 0.255 e. The van der Waals surface area contributed by atoms with Gasteiger partial charge in [0, 0.05) is 28.6 Å². The van der Waals surface area contributed by atoms with Crippen molar-refractivity contribution in [1.29, 1.82) is 0 Å². The molecular weight excluding hydrogens is 430 g/mol. The standard InChI is InChI=1S/C24H24ClN3O2S/c1-16(22-15-31-17(2)27-22)26-14-19-12-18-8-9-20(25)13-23(18)28(24(19)29)10-11-30-21-6-4-3-5-7-21/h3-9,12-13,15-16,26H,10-11,14H2,1-2H3. The molecule has 1 N–H and O–H groups in total. The second-order valence-corrected chi connectivity index (χ2v) is 8.88. The molecule has 0 bridgehead atoms. The predicted octanol–water partition coefficient (Wildman–Crippen LogP) is 5.35. The van der Waals surface area contributed by atoms with Crippen LogP contribution in [0.15, 0.2) is 64.8 Å². The number of thiazole rings is 1. The summed E-state index contributed by atoms with van der Waals surface area (Å²) < 4.78 is 7.58. The van der Waals surface area contributed by atoms with Crippen molar-refractivity contribution < 1.29 is 4.74 Å². The number of ether oxygens (including phenoxy) is 1. The molecule has 2 heterocycles. The zero-order valence-corrected chi connectivity index (χ0v) is 19.0. The Morgan fingerprint density at radius 3 is 2.74 bits per heavy atom. The second kappa shape index (κ2) is 9.64. The third-order valence-corrected chi connectivity index (χ3v) is 6.17. The lowest BCUT2D eigenvalue weighted by Crippen LogP contribution is -2.30. The molecule has 160 valence electrons. The van der Waals surface area contributed by atoms with Gasteiger partial charge in [0.2, 0.25) is 0 Å². The number of hydrogen-bond acceptors (Lipinski definition) is 5. The Bertz CT molecular complexity index is 1240. The molecule has 0 aliphatic rings. The van der Waals surface area contributed by atoms with E-state index in [0.717, 1.165) is 27.4 Å². The smallest absolute Gasteiger partial charge is 0.255 e. The number of hydrogen-bond donors (Lipinski definition) is 1. The summed E-state index contributed by atoms with van der Waals surface area (Å²) in [5.41, 5.74) is 2.46. The van der Waals surface area contributed by atoms with Gasteiger partial charge in [0.1, 0.15) is 12.4 Å². The molecule has 7 heteroatoms. The van der Waals surface area contributed by atoms with Gasteiger partial charge in [0.25, 0.3) is 5.56 Å². The zero-order chi connectivity index (χ0) is 21.8. The van der Waals surface area contributed by atoms with Crippen LogP contribution in [0.5, 0.6) is 5.75 Å². The normalized spacial score (nSPS) is 12.2. The van der Waals surface area contributed by atoms with Crippen molar-refractivity contribution in [3.63, 3.8) is 0 Å². The van der Waals surface area contributed by atoms with Crippen molar-refractivity contribution in [2.45, 2.75) is 33.0 Å². The fourth-order valence-corrected chi connectivity index (χ4v) is 4.34. The van der Waals surface area contributed by atoms with E-state index in [-0.39, 0.29) is 11.6 Å². The van der Waals surface area contributed by atoms with E-state index >= 15 is 0 Å². The van der Waals surface area contributed by atoms with Gasteiger partial charge in [-0.3, -0.25) is 4.79 Å². The van der Waals surface area contributed by atoms with Crippen molar-refractivity contribution in [2.75, 3.05) is 6.61 Å². The Morgan fingerprint density at radius 1 is 1.19 bits per heavy atom. The number of pyridine rings is 1. The Kier molecular flexibility index (Phi) is 6.70. The van der Waals surface area contributed by atoms with Crippen LogP contribution in [-0.4, -0.2) is 16.2 Å². The fourth-order valence-electron chi connectivity index (χ4n) is 3.47. The Hall–Kier alpha value is -2.67. The van der Waals surface area contributed by atoms with Crippen molar-refractivity contribution in [2.24, 2.45) is 0 Å². The minimum atomic E-state index is -0.0411. The van der Waals surface area contributed by atoms with Crippen molar-refractivity contribution >= 4 is 33.8 Å². The SMILES string of the molecule is Cc1nc(C(C)NCc2cc3ccc(Cl)cc3n(CCOc3ccccc3)c2=O)cs1. The van der Waals surface area contributed by atoms with Crippen molar-refractivity contribution in [3.8, 4) is 5.75 Å². The van der Waals surface area contributed by atoms with E-state index in [2.05, 4.69) is 22.6 Å². The fraction of sp³-hybridized carbons (Fsp3) is 0.250. The molecule has 4 rings (SSSR count). The molecule has 5 nitrogen and oxygen atoms in total. The average molecular weight is 454 g/mol. The third-order valence-electron chi connectivity index (χ3n) is 5.14. The lowest BCUT2D eigenvalue weighted by molar-refractivity contribution is 0.298. The quantitative estimate of drug-likeness (QED) is 0.390. The van der Waals surface area contributed by atoms with Crippen LogP contribution in [0, 0.1) is 6.92 Å². The molecule has 31 heavy (non-hydrogen) atoms. The van der Waals surface area contributed by atoms with Crippen LogP contribution in [0.3, 0.4) is 0 Å². The molecule has 0 aliphatic carbocycles. The average Bonchev–Trinajstić information content (AvgIpc) is 3.21. The van der Waals surface area contributed by atoms with E-state index in [1.54, 1.807) is 15.9 Å². The second-order valence-electron chi connectivity index (χ2n) is 7.38. The summed E-state index contributed by atoms with van der Waals surface area (Å²) in [6.07, 6.45) is 0. The molecule has 2 aromatic heterocycles. The van der Waals surface area contributed by atoms with E-state index < -0.39 is 0 Å². The lowest BCUT2D eigenvalue weighted by atomic mass is 10.1. The van der Waals surface area contributed by atoms with Gasteiger partial charge in [-0.1, -0.05) is 35.9 Å². The molecule has 1 unspecified atom stereocenters. The van der Waals surface area contributed by atoms with Crippen LogP contribution in [-0.2, 0) is 13.1 Å². The van der Waals surface area contributed by atoms with Crippen LogP contribution in [0.4, 0.5) is 0 Å². The number of rotatable bonds is 8. The Morgan fingerprint density at radius 2 is 2.00 bits per heavy atom. The summed E-state index contributed by atoms with van der Waals surface area (Å²) in [4.78, 5) is 17.8. The molecule has 0 spiro atoms. The number of nitrogens with zero attached hydrogens (tertiary/aromatic N) is 2. The van der Waals surface area contributed by atoms with E-state index in [0.29, 0.717) is 30.3 Å². The lowest BCUT2D eigenvalue weighted by Gasteiger charge is -2.16. The van der Waals surface area contributed by atoms with Crippen molar-refractivity contribution in [3.05, 3.63) is 91.6 Å². The highest BCUT2D eigenvalue weighted by Crippen LogP contribution is 2.20. The van der Waals surface area contributed by atoms with Gasteiger partial charge in [-0.15, -0.1) is 11.3 Å². The van der Waals surface area contributed by atoms with E-state index in [1.165, 1.54) is 0 Å². The minimum absolute atomic E-state index is 0.0411. The topological polar surface area (TPSA) is 56.1 Å². The molecule has 0 radical (unpaired) electrons. The van der Waals surface area contributed by atoms with Crippen LogP contribution in [0.25, 0.3) is 10.9 Å². The van der Waals surface area contributed by atoms with E-state index in [9.17, 15) is 4.79 Å². The first-order valence-electron chi connectivity index (χ1n) is 10.2. The first-order chi connectivity index (χ1) is 15.0. The van der Waals surface area contributed by atoms with Gasteiger partial charge >= 0.3 is 0 Å².